The molecular weight excluding hydrogens is 448 g/mol. The van der Waals surface area contributed by atoms with E-state index >= 15 is 0 Å². The summed E-state index contributed by atoms with van der Waals surface area (Å²) in [6.07, 6.45) is 0. The van der Waals surface area contributed by atoms with Gasteiger partial charge in [0.1, 0.15) is 0 Å². The minimum atomic E-state index is 0. The third kappa shape index (κ3) is 18.0. The first-order chi connectivity index (χ1) is 0. The Balaban J connectivity index is 0. The van der Waals surface area contributed by atoms with E-state index in [0.29, 0.717) is 0 Å². The summed E-state index contributed by atoms with van der Waals surface area (Å²) in [6.45, 7) is 0. The summed E-state index contributed by atoms with van der Waals surface area (Å²) < 4.78 is 0. The average molecular weight is 457 g/mol. The summed E-state index contributed by atoms with van der Waals surface area (Å²) in [7, 11) is 0. The molecule has 0 unspecified atom stereocenters. The zero-order valence-corrected chi connectivity index (χ0v) is 12.5. The van der Waals surface area contributed by atoms with Crippen LogP contribution >= 0.6 is 0 Å². The van der Waals surface area contributed by atoms with Crippen LogP contribution in [0.1, 0.15) is 0 Å². The monoisotopic (exact) mass is 459 g/mol. The van der Waals surface area contributed by atoms with Crippen LogP contribution in [0.15, 0.2) is 0 Å². The van der Waals surface area contributed by atoms with Gasteiger partial charge in [-0.2, -0.15) is 0 Å². The summed E-state index contributed by atoms with van der Waals surface area (Å²) in [6, 6.07) is 0. The van der Waals surface area contributed by atoms with Crippen LogP contribution in [0.25, 0.3) is 0 Å². The molecule has 5 heteroatoms. The Morgan fingerprint density at radius 2 is 1.00 bits per heavy atom. The predicted molar refractivity (Wildman–Crippen MR) is 35.6 cm³/mol. The SMILES string of the molecule is [AlH3].[CaH2].[Mn].[PbH2].[SnH2]. The van der Waals surface area contributed by atoms with Gasteiger partial charge in [0, 0.05) is 17.1 Å². The van der Waals surface area contributed by atoms with Crippen molar-refractivity contribution < 1.29 is 17.1 Å². The first-order valence-corrected chi connectivity index (χ1v) is 0. The Bertz CT molecular complexity index is 11.6. The molecule has 0 bridgehead atoms. The summed E-state index contributed by atoms with van der Waals surface area (Å²) in [5.74, 6) is 0. The molecule has 0 aromatic carbocycles. The second-order valence-electron chi connectivity index (χ2n) is 0. The van der Waals surface area contributed by atoms with Crippen LogP contribution in [-0.2, 0) is 17.1 Å². The van der Waals surface area contributed by atoms with Gasteiger partial charge >= 0.3 is 88.9 Å². The van der Waals surface area contributed by atoms with Crippen LogP contribution in [0.5, 0.6) is 0 Å². The van der Waals surface area contributed by atoms with Crippen molar-refractivity contribution in [3.63, 3.8) is 0 Å². The van der Waals surface area contributed by atoms with Crippen LogP contribution in [0, 0.1) is 0 Å². The Morgan fingerprint density at radius 3 is 1.00 bits per heavy atom. The molecule has 0 heterocycles. The Labute approximate surface area is 120 Å². The zero-order chi connectivity index (χ0) is 0. The van der Waals surface area contributed by atoms with Crippen LogP contribution in [0.3, 0.4) is 0 Å². The molecule has 0 nitrogen and oxygen atoms in total. The van der Waals surface area contributed by atoms with Crippen molar-refractivity contribution in [1.29, 1.82) is 0 Å². The van der Waals surface area contributed by atoms with Gasteiger partial charge < -0.3 is 0 Å². The molecule has 0 aromatic heterocycles. The van der Waals surface area contributed by atoms with Gasteiger partial charge in [-0.1, -0.05) is 0 Å². The van der Waals surface area contributed by atoms with Gasteiger partial charge in [0.05, 0.1) is 0 Å². The molecule has 0 amide bonds. The predicted octanol–water partition coefficient (Wildman–Crippen LogP) is -3.94. The minimum absolute atomic E-state index is 0. The van der Waals surface area contributed by atoms with Gasteiger partial charge in [-0.15, -0.1) is 0 Å². The van der Waals surface area contributed by atoms with Gasteiger partial charge in [-0.05, 0) is 0 Å². The van der Waals surface area contributed by atoms with Gasteiger partial charge in [0.25, 0.3) is 0 Å². The second-order valence-corrected chi connectivity index (χ2v) is 0. The summed E-state index contributed by atoms with van der Waals surface area (Å²) >= 11 is 0. The van der Waals surface area contributed by atoms with Gasteiger partial charge in [-0.25, -0.2) is 0 Å². The maximum absolute atomic E-state index is 0. The third-order valence-corrected chi connectivity index (χ3v) is 0. The molecule has 5 radical (unpaired) electrons. The van der Waals surface area contributed by atoms with Crippen LogP contribution in [-0.4, -0.2) is 106 Å². The molecule has 0 fully saturated rings. The van der Waals surface area contributed by atoms with Crippen molar-refractivity contribution in [1.82, 2.24) is 0 Å². The molecule has 0 saturated heterocycles. The number of hydrogen-bond acceptors (Lipinski definition) is 0. The Morgan fingerprint density at radius 1 is 1.00 bits per heavy atom. The molecule has 0 aromatic rings. The third-order valence-electron chi connectivity index (χ3n) is 0. The van der Waals surface area contributed by atoms with Crippen molar-refractivity contribution in [2.75, 3.05) is 0 Å². The fraction of sp³-hybridized carbons (Fsp3) is 0. The van der Waals surface area contributed by atoms with Gasteiger partial charge in [0.2, 0.25) is 0 Å². The Hall–Kier alpha value is 4.03. The zero-order valence-electron chi connectivity index (χ0n) is 1.79. The fourth-order valence-corrected chi connectivity index (χ4v) is 0. The number of rotatable bonds is 0. The first-order valence-electron chi connectivity index (χ1n) is 0. The molecule has 0 rings (SSSR count). The molecule has 0 spiro atoms. The first kappa shape index (κ1) is 35.8. The van der Waals surface area contributed by atoms with Gasteiger partial charge in [-0.3, -0.25) is 0 Å². The fourth-order valence-electron chi connectivity index (χ4n) is 0. The van der Waals surface area contributed by atoms with Crippen molar-refractivity contribution in [3.8, 4) is 0 Å². The number of hydrogen-bond donors (Lipinski definition) is 0. The standard InChI is InChI=1S/Al.Ca.Mn.Pb.Sn.9H. The van der Waals surface area contributed by atoms with Crippen LogP contribution in [0.4, 0.5) is 0 Å². The van der Waals surface area contributed by atoms with E-state index in [9.17, 15) is 0 Å². The van der Waals surface area contributed by atoms with E-state index in [1.807, 2.05) is 0 Å². The molecule has 29 valence electrons. The molecule has 0 aliphatic rings. The van der Waals surface area contributed by atoms with E-state index in [4.69, 9.17) is 0 Å². The quantitative estimate of drug-likeness (QED) is 0.327. The summed E-state index contributed by atoms with van der Waals surface area (Å²) in [4.78, 5) is 0. The molecule has 0 aliphatic carbocycles. The van der Waals surface area contributed by atoms with E-state index in [1.54, 1.807) is 0 Å². The van der Waals surface area contributed by atoms with E-state index in [1.165, 1.54) is 0 Å². The van der Waals surface area contributed by atoms with Crippen LogP contribution < -0.4 is 0 Å². The van der Waals surface area contributed by atoms with Gasteiger partial charge in [0.15, 0.2) is 17.4 Å². The Kier molecular flexibility index (Phi) is 175. The van der Waals surface area contributed by atoms with Crippen LogP contribution in [0.2, 0.25) is 0 Å². The second kappa shape index (κ2) is 24.4. The van der Waals surface area contributed by atoms with E-state index in [2.05, 4.69) is 0 Å². The normalized spacial score (nSPS) is 0. The summed E-state index contributed by atoms with van der Waals surface area (Å²) in [5.41, 5.74) is 0. The molecule has 0 atom stereocenters. The van der Waals surface area contributed by atoms with E-state index in [-0.39, 0.29) is 123 Å². The molecular formula is H9AlCaMnPbSn. The maximum atomic E-state index is 0. The summed E-state index contributed by atoms with van der Waals surface area (Å²) in [5, 5.41) is 0. The molecule has 0 N–H and O–H groups in total. The topological polar surface area (TPSA) is 0 Å². The molecule has 0 aliphatic heterocycles. The van der Waals surface area contributed by atoms with Crippen molar-refractivity contribution >= 4 is 106 Å². The van der Waals surface area contributed by atoms with E-state index in [0.717, 1.165) is 0 Å². The van der Waals surface area contributed by atoms with E-state index < -0.39 is 0 Å². The van der Waals surface area contributed by atoms with Crippen molar-refractivity contribution in [3.05, 3.63) is 0 Å². The average Bonchev–Trinajstić information content (AvgIpc) is 0. The van der Waals surface area contributed by atoms with Crippen molar-refractivity contribution in [2.24, 2.45) is 0 Å². The molecule has 5 heavy (non-hydrogen) atoms. The molecule has 0 saturated carbocycles. The van der Waals surface area contributed by atoms with Crippen molar-refractivity contribution in [2.45, 2.75) is 0 Å².